The summed E-state index contributed by atoms with van der Waals surface area (Å²) >= 11 is 2.26. The molecule has 150 valence electrons. The number of aromatic nitrogens is 1. The largest absolute Gasteiger partial charge is 0.493 e. The summed E-state index contributed by atoms with van der Waals surface area (Å²) in [7, 11) is 0. The first-order valence-corrected chi connectivity index (χ1v) is 10.9. The maximum absolute atomic E-state index is 12.8. The van der Waals surface area contributed by atoms with E-state index >= 15 is 0 Å². The highest BCUT2D eigenvalue weighted by atomic mass is 127. The number of nitrogens with one attached hydrogen (secondary N) is 1. The third-order valence-electron chi connectivity index (χ3n) is 5.47. The molecule has 3 aromatic rings. The van der Waals surface area contributed by atoms with Crippen LogP contribution in [-0.2, 0) is 0 Å². The lowest BCUT2D eigenvalue weighted by Crippen LogP contribution is -2.41. The number of aromatic amines is 1. The van der Waals surface area contributed by atoms with Gasteiger partial charge in [-0.3, -0.25) is 4.79 Å². The number of amides is 1. The number of aryl methyl sites for hydroxylation is 1. The van der Waals surface area contributed by atoms with Crippen LogP contribution in [0.3, 0.4) is 0 Å². The van der Waals surface area contributed by atoms with E-state index in [-0.39, 0.29) is 17.8 Å². The van der Waals surface area contributed by atoms with Gasteiger partial charge in [-0.05, 0) is 97.7 Å². The molecule has 4 rings (SSSR count). The Morgan fingerprint density at radius 1 is 1.21 bits per heavy atom. The lowest BCUT2D eigenvalue weighted by atomic mass is 10.0. The molecule has 1 aliphatic heterocycles. The van der Waals surface area contributed by atoms with E-state index in [0.29, 0.717) is 16.9 Å². The number of benzene rings is 2. The van der Waals surface area contributed by atoms with Gasteiger partial charge in [-0.25, -0.2) is 0 Å². The average Bonchev–Trinajstić information content (AvgIpc) is 3.01. The highest BCUT2D eigenvalue weighted by Gasteiger charge is 2.24. The molecule has 1 aliphatic rings. The molecule has 29 heavy (non-hydrogen) atoms. The highest BCUT2D eigenvalue weighted by Crippen LogP contribution is 2.37. The van der Waals surface area contributed by atoms with Crippen LogP contribution in [0.15, 0.2) is 46.6 Å². The van der Waals surface area contributed by atoms with Crippen molar-refractivity contribution in [3.8, 4) is 5.88 Å². The summed E-state index contributed by atoms with van der Waals surface area (Å²) in [4.78, 5) is 17.6. The molecule has 0 unspecified atom stereocenters. The second-order valence-electron chi connectivity index (χ2n) is 7.56. The summed E-state index contributed by atoms with van der Waals surface area (Å²) in [6.07, 6.45) is 3.31. The Hall–Kier alpha value is -2.42. The summed E-state index contributed by atoms with van der Waals surface area (Å²) in [6, 6.07) is 11.4. The summed E-state index contributed by atoms with van der Waals surface area (Å²) in [5.74, 6) is 0.0657. The molecule has 0 bridgehead atoms. The normalized spacial score (nSPS) is 17.3. The molecule has 0 saturated carbocycles. The van der Waals surface area contributed by atoms with E-state index in [1.54, 1.807) is 24.3 Å². The van der Waals surface area contributed by atoms with E-state index in [9.17, 15) is 9.90 Å². The maximum Gasteiger partial charge on any atom is 0.254 e. The zero-order valence-electron chi connectivity index (χ0n) is 16.4. The lowest BCUT2D eigenvalue weighted by Gasteiger charge is -2.33. The Bertz CT molecular complexity index is 1090. The standard InChI is InChI=1S/C22H23IN4O2/c1-13-11-19-17(12-18(13)23)20(21(28)24-19)26-25-16-8-6-15(7-9-16)22(29)27-10-4-3-5-14(27)2/h6-9,11-12,14,24,28H,3-5,10H2,1-2H3/t14-/m0/s1. The smallest absolute Gasteiger partial charge is 0.254 e. The van der Waals surface area contributed by atoms with Crippen molar-refractivity contribution in [1.82, 2.24) is 9.88 Å². The highest BCUT2D eigenvalue weighted by molar-refractivity contribution is 14.1. The van der Waals surface area contributed by atoms with E-state index in [2.05, 4.69) is 44.7 Å². The average molecular weight is 502 g/mol. The summed E-state index contributed by atoms with van der Waals surface area (Å²) in [5.41, 5.74) is 3.67. The summed E-state index contributed by atoms with van der Waals surface area (Å²) in [6.45, 7) is 4.95. The minimum absolute atomic E-state index is 0.00367. The van der Waals surface area contributed by atoms with Crippen LogP contribution in [0.4, 0.5) is 11.4 Å². The summed E-state index contributed by atoms with van der Waals surface area (Å²) in [5, 5.41) is 19.6. The van der Waals surface area contributed by atoms with Crippen molar-refractivity contribution in [2.45, 2.75) is 39.2 Å². The van der Waals surface area contributed by atoms with Gasteiger partial charge in [-0.2, -0.15) is 5.11 Å². The van der Waals surface area contributed by atoms with Crippen LogP contribution in [0.1, 0.15) is 42.1 Å². The number of carbonyl (C=O) groups excluding carboxylic acids is 1. The van der Waals surface area contributed by atoms with Crippen LogP contribution in [0.5, 0.6) is 5.88 Å². The SMILES string of the molecule is Cc1cc2[nH]c(O)c(N=Nc3ccc(C(=O)N4CCCC[C@@H]4C)cc3)c2cc1I. The number of rotatable bonds is 3. The van der Waals surface area contributed by atoms with E-state index in [0.717, 1.165) is 39.4 Å². The quantitative estimate of drug-likeness (QED) is 0.330. The molecular weight excluding hydrogens is 479 g/mol. The van der Waals surface area contributed by atoms with Crippen molar-refractivity contribution in [3.63, 3.8) is 0 Å². The fourth-order valence-electron chi connectivity index (χ4n) is 3.74. The Kier molecular flexibility index (Phi) is 5.58. The molecular formula is C22H23IN4O2. The van der Waals surface area contributed by atoms with E-state index in [4.69, 9.17) is 0 Å². The molecule has 2 aromatic carbocycles. The first-order chi connectivity index (χ1) is 13.9. The van der Waals surface area contributed by atoms with Crippen molar-refractivity contribution in [3.05, 3.63) is 51.1 Å². The van der Waals surface area contributed by atoms with Gasteiger partial charge in [-0.15, -0.1) is 5.11 Å². The van der Waals surface area contributed by atoms with Crippen molar-refractivity contribution in [2.24, 2.45) is 10.2 Å². The van der Waals surface area contributed by atoms with Gasteiger partial charge >= 0.3 is 0 Å². The molecule has 0 aliphatic carbocycles. The molecule has 1 amide bonds. The predicted octanol–water partition coefficient (Wildman–Crippen LogP) is 6.22. The molecule has 0 spiro atoms. The second kappa shape index (κ2) is 8.14. The van der Waals surface area contributed by atoms with E-state index in [1.807, 2.05) is 24.0 Å². The number of hydrogen-bond donors (Lipinski definition) is 2. The van der Waals surface area contributed by atoms with Crippen molar-refractivity contribution in [1.29, 1.82) is 0 Å². The minimum Gasteiger partial charge on any atom is -0.493 e. The molecule has 2 N–H and O–H groups in total. The monoisotopic (exact) mass is 502 g/mol. The first-order valence-electron chi connectivity index (χ1n) is 9.77. The Balaban J connectivity index is 1.55. The number of fused-ring (bicyclic) bond motifs is 1. The topological polar surface area (TPSA) is 81.0 Å². The third-order valence-corrected chi connectivity index (χ3v) is 6.64. The number of carbonyl (C=O) groups is 1. The number of hydrogen-bond acceptors (Lipinski definition) is 4. The number of halogens is 1. The number of azo groups is 1. The van der Waals surface area contributed by atoms with Crippen molar-refractivity contribution < 1.29 is 9.90 Å². The minimum atomic E-state index is -0.00367. The molecule has 1 atom stereocenters. The van der Waals surface area contributed by atoms with Crippen LogP contribution >= 0.6 is 22.6 Å². The van der Waals surface area contributed by atoms with Crippen LogP contribution in [-0.4, -0.2) is 33.5 Å². The maximum atomic E-state index is 12.8. The molecule has 1 aromatic heterocycles. The van der Waals surface area contributed by atoms with Gasteiger partial charge in [0.15, 0.2) is 5.69 Å². The molecule has 7 heteroatoms. The molecule has 1 saturated heterocycles. The van der Waals surface area contributed by atoms with Gasteiger partial charge in [0.1, 0.15) is 0 Å². The number of aromatic hydroxyl groups is 1. The number of H-pyrrole nitrogens is 1. The van der Waals surface area contributed by atoms with Gasteiger partial charge in [-0.1, -0.05) is 0 Å². The third kappa shape index (κ3) is 4.01. The molecule has 1 fully saturated rings. The zero-order chi connectivity index (χ0) is 20.5. The van der Waals surface area contributed by atoms with Crippen molar-refractivity contribution >= 4 is 50.8 Å². The van der Waals surface area contributed by atoms with Crippen LogP contribution in [0, 0.1) is 10.5 Å². The van der Waals surface area contributed by atoms with Gasteiger partial charge in [0.05, 0.1) is 11.2 Å². The number of nitrogens with zero attached hydrogens (tertiary/aromatic N) is 3. The van der Waals surface area contributed by atoms with Gasteiger partial charge in [0.25, 0.3) is 5.91 Å². The Morgan fingerprint density at radius 2 is 1.97 bits per heavy atom. The van der Waals surface area contributed by atoms with Gasteiger partial charge in [0.2, 0.25) is 5.88 Å². The summed E-state index contributed by atoms with van der Waals surface area (Å²) < 4.78 is 1.10. The van der Waals surface area contributed by atoms with Gasteiger partial charge in [0, 0.05) is 27.1 Å². The Labute approximate surface area is 183 Å². The van der Waals surface area contributed by atoms with Crippen LogP contribution in [0.2, 0.25) is 0 Å². The van der Waals surface area contributed by atoms with Gasteiger partial charge < -0.3 is 15.0 Å². The molecule has 2 heterocycles. The van der Waals surface area contributed by atoms with Crippen molar-refractivity contribution in [2.75, 3.05) is 6.54 Å². The fourth-order valence-corrected chi connectivity index (χ4v) is 4.21. The number of likely N-dealkylation sites (tertiary alicyclic amines) is 1. The second-order valence-corrected chi connectivity index (χ2v) is 8.72. The van der Waals surface area contributed by atoms with Crippen LogP contribution in [0.25, 0.3) is 10.9 Å². The van der Waals surface area contributed by atoms with E-state index < -0.39 is 0 Å². The molecule has 6 nitrogen and oxygen atoms in total. The lowest BCUT2D eigenvalue weighted by molar-refractivity contribution is 0.0635. The Morgan fingerprint density at radius 3 is 2.69 bits per heavy atom. The first kappa shape index (κ1) is 19.9. The zero-order valence-corrected chi connectivity index (χ0v) is 18.6. The molecule has 0 radical (unpaired) electrons. The van der Waals surface area contributed by atoms with Crippen LogP contribution < -0.4 is 0 Å². The fraction of sp³-hybridized carbons (Fsp3) is 0.318. The predicted molar refractivity (Wildman–Crippen MR) is 122 cm³/mol. The van der Waals surface area contributed by atoms with E-state index in [1.165, 1.54) is 6.42 Å². The number of piperidine rings is 1.